The van der Waals surface area contributed by atoms with Crippen LogP contribution in [0.2, 0.25) is 0 Å². The van der Waals surface area contributed by atoms with Crippen LogP contribution in [-0.4, -0.2) is 15.1 Å². The van der Waals surface area contributed by atoms with Crippen LogP contribution >= 0.6 is 0 Å². The Morgan fingerprint density at radius 2 is 2.13 bits per heavy atom. The fourth-order valence-electron chi connectivity index (χ4n) is 0.956. The Bertz CT molecular complexity index is 286. The SMILES string of the molecule is CC(C)(C)N[S+]([O-])NCc1ccccn1. The van der Waals surface area contributed by atoms with E-state index in [1.807, 2.05) is 39.0 Å². The zero-order valence-corrected chi connectivity index (χ0v) is 10.1. The molecule has 0 bridgehead atoms. The Kier molecular flexibility index (Phi) is 4.53. The predicted molar refractivity (Wildman–Crippen MR) is 62.1 cm³/mol. The van der Waals surface area contributed by atoms with E-state index in [0.29, 0.717) is 6.54 Å². The van der Waals surface area contributed by atoms with Crippen molar-refractivity contribution in [3.8, 4) is 0 Å². The minimum atomic E-state index is -1.23. The topological polar surface area (TPSA) is 60.0 Å². The monoisotopic (exact) mass is 227 g/mol. The molecule has 5 heteroatoms. The van der Waals surface area contributed by atoms with Gasteiger partial charge in [-0.3, -0.25) is 4.98 Å². The second-order valence-electron chi connectivity index (χ2n) is 4.26. The highest BCUT2D eigenvalue weighted by atomic mass is 32.2. The Balaban J connectivity index is 2.32. The first-order valence-electron chi connectivity index (χ1n) is 4.80. The lowest BCUT2D eigenvalue weighted by atomic mass is 10.1. The van der Waals surface area contributed by atoms with Gasteiger partial charge in [0.15, 0.2) is 0 Å². The fraction of sp³-hybridized carbons (Fsp3) is 0.500. The molecule has 84 valence electrons. The molecule has 0 amide bonds. The van der Waals surface area contributed by atoms with Crippen molar-refractivity contribution in [3.63, 3.8) is 0 Å². The van der Waals surface area contributed by atoms with Crippen molar-refractivity contribution in [2.75, 3.05) is 0 Å². The van der Waals surface area contributed by atoms with Crippen LogP contribution in [0.3, 0.4) is 0 Å². The zero-order valence-electron chi connectivity index (χ0n) is 9.28. The second-order valence-corrected chi connectivity index (χ2v) is 5.29. The Labute approximate surface area is 93.9 Å². The molecule has 0 spiro atoms. The number of nitrogens with zero attached hydrogens (tertiary/aromatic N) is 1. The quantitative estimate of drug-likeness (QED) is 0.757. The number of nitrogens with one attached hydrogen (secondary N) is 2. The van der Waals surface area contributed by atoms with Gasteiger partial charge in [0.2, 0.25) is 0 Å². The molecule has 0 aromatic carbocycles. The van der Waals surface area contributed by atoms with E-state index >= 15 is 0 Å². The molecule has 0 saturated heterocycles. The summed E-state index contributed by atoms with van der Waals surface area (Å²) in [5.74, 6) is 0. The third-order valence-corrected chi connectivity index (χ3v) is 2.71. The van der Waals surface area contributed by atoms with Crippen LogP contribution in [0.15, 0.2) is 24.4 Å². The van der Waals surface area contributed by atoms with Gasteiger partial charge in [-0.25, -0.2) is 0 Å². The smallest absolute Gasteiger partial charge is 0.135 e. The van der Waals surface area contributed by atoms with Crippen LogP contribution in [0.4, 0.5) is 0 Å². The average molecular weight is 227 g/mol. The van der Waals surface area contributed by atoms with Crippen LogP contribution < -0.4 is 9.44 Å². The molecule has 0 radical (unpaired) electrons. The maximum Gasteiger partial charge on any atom is 0.135 e. The van der Waals surface area contributed by atoms with Crippen LogP contribution in [-0.2, 0) is 18.1 Å². The van der Waals surface area contributed by atoms with Crippen molar-refractivity contribution in [2.24, 2.45) is 0 Å². The van der Waals surface area contributed by atoms with E-state index in [1.54, 1.807) is 6.20 Å². The van der Waals surface area contributed by atoms with E-state index in [4.69, 9.17) is 0 Å². The minimum absolute atomic E-state index is 0.165. The summed E-state index contributed by atoms with van der Waals surface area (Å²) in [6.07, 6.45) is 1.72. The van der Waals surface area contributed by atoms with Crippen molar-refractivity contribution in [1.82, 2.24) is 14.4 Å². The molecule has 0 aliphatic carbocycles. The van der Waals surface area contributed by atoms with Crippen molar-refractivity contribution in [2.45, 2.75) is 32.9 Å². The van der Waals surface area contributed by atoms with Gasteiger partial charge in [0.05, 0.1) is 17.8 Å². The van der Waals surface area contributed by atoms with E-state index in [1.165, 1.54) is 0 Å². The average Bonchev–Trinajstić information content (AvgIpc) is 2.14. The third kappa shape index (κ3) is 5.74. The van der Waals surface area contributed by atoms with Crippen molar-refractivity contribution in [3.05, 3.63) is 30.1 Å². The standard InChI is InChI=1S/C10H17N3OS/c1-10(2,3)13-15(14)12-8-9-6-4-5-7-11-9/h4-7,12-13H,8H2,1-3H3. The Morgan fingerprint density at radius 1 is 1.40 bits per heavy atom. The molecule has 1 rings (SSSR count). The first-order chi connectivity index (χ1) is 6.97. The summed E-state index contributed by atoms with van der Waals surface area (Å²) >= 11 is -1.23. The Morgan fingerprint density at radius 3 is 2.67 bits per heavy atom. The molecule has 2 N–H and O–H groups in total. The number of hydrogen-bond donors (Lipinski definition) is 2. The minimum Gasteiger partial charge on any atom is -0.579 e. The number of hydrogen-bond acceptors (Lipinski definition) is 4. The van der Waals surface area contributed by atoms with Crippen LogP contribution in [0.5, 0.6) is 0 Å². The molecule has 0 fully saturated rings. The first-order valence-corrected chi connectivity index (χ1v) is 5.95. The highest BCUT2D eigenvalue weighted by Gasteiger charge is 2.18. The van der Waals surface area contributed by atoms with E-state index in [-0.39, 0.29) is 5.54 Å². The maximum atomic E-state index is 11.5. The first kappa shape index (κ1) is 12.4. The van der Waals surface area contributed by atoms with Crippen molar-refractivity contribution >= 4 is 11.5 Å². The molecule has 1 atom stereocenters. The molecule has 0 aliphatic rings. The van der Waals surface area contributed by atoms with Gasteiger partial charge < -0.3 is 4.55 Å². The predicted octanol–water partition coefficient (Wildman–Crippen LogP) is 1.14. The highest BCUT2D eigenvalue weighted by Crippen LogP contribution is 2.01. The van der Waals surface area contributed by atoms with Gasteiger partial charge in [0.25, 0.3) is 0 Å². The van der Waals surface area contributed by atoms with Gasteiger partial charge in [-0.15, -0.1) is 9.44 Å². The van der Waals surface area contributed by atoms with Gasteiger partial charge in [-0.2, -0.15) is 0 Å². The highest BCUT2D eigenvalue weighted by molar-refractivity contribution is 7.87. The van der Waals surface area contributed by atoms with Gasteiger partial charge in [0, 0.05) is 6.20 Å². The lowest BCUT2D eigenvalue weighted by Gasteiger charge is -2.21. The van der Waals surface area contributed by atoms with Gasteiger partial charge in [-0.1, -0.05) is 6.07 Å². The van der Waals surface area contributed by atoms with Crippen LogP contribution in [0.25, 0.3) is 0 Å². The largest absolute Gasteiger partial charge is 0.579 e. The molecule has 0 saturated carbocycles. The van der Waals surface area contributed by atoms with E-state index in [2.05, 4.69) is 14.4 Å². The summed E-state index contributed by atoms with van der Waals surface area (Å²) in [5, 5.41) is 0. The molecule has 0 aliphatic heterocycles. The molecule has 15 heavy (non-hydrogen) atoms. The Hall–Kier alpha value is -0.620. The van der Waals surface area contributed by atoms with Crippen LogP contribution in [0.1, 0.15) is 26.5 Å². The number of rotatable bonds is 4. The van der Waals surface area contributed by atoms with E-state index in [0.717, 1.165) is 5.69 Å². The van der Waals surface area contributed by atoms with Gasteiger partial charge in [-0.05, 0) is 32.9 Å². The molecular weight excluding hydrogens is 210 g/mol. The van der Waals surface area contributed by atoms with Gasteiger partial charge in [0.1, 0.15) is 11.5 Å². The summed E-state index contributed by atoms with van der Waals surface area (Å²) in [7, 11) is 0. The van der Waals surface area contributed by atoms with E-state index in [9.17, 15) is 4.55 Å². The maximum absolute atomic E-state index is 11.5. The molecule has 1 aromatic heterocycles. The van der Waals surface area contributed by atoms with Gasteiger partial charge >= 0.3 is 0 Å². The summed E-state index contributed by atoms with van der Waals surface area (Å²) in [4.78, 5) is 4.12. The summed E-state index contributed by atoms with van der Waals surface area (Å²) in [6.45, 7) is 6.39. The summed E-state index contributed by atoms with van der Waals surface area (Å²) in [6, 6.07) is 5.65. The third-order valence-electron chi connectivity index (χ3n) is 1.51. The molecule has 1 heterocycles. The fourth-order valence-corrected chi connectivity index (χ4v) is 1.86. The molecule has 4 nitrogen and oxygen atoms in total. The lowest BCUT2D eigenvalue weighted by Crippen LogP contribution is -2.46. The molecule has 1 unspecified atom stereocenters. The normalized spacial score (nSPS) is 13.9. The van der Waals surface area contributed by atoms with E-state index < -0.39 is 11.5 Å². The van der Waals surface area contributed by atoms with Crippen molar-refractivity contribution in [1.29, 1.82) is 0 Å². The zero-order chi connectivity index (χ0) is 11.3. The summed E-state index contributed by atoms with van der Waals surface area (Å²) in [5.41, 5.74) is 0.712. The molecule has 1 aromatic rings. The number of pyridine rings is 1. The second kappa shape index (κ2) is 5.46. The van der Waals surface area contributed by atoms with Crippen LogP contribution in [0, 0.1) is 0 Å². The number of aromatic nitrogens is 1. The summed E-state index contributed by atoms with van der Waals surface area (Å²) < 4.78 is 17.3. The lowest BCUT2D eigenvalue weighted by molar-refractivity contribution is 0.482. The molecular formula is C10H17N3OS. The van der Waals surface area contributed by atoms with Crippen molar-refractivity contribution < 1.29 is 4.55 Å².